The van der Waals surface area contributed by atoms with Gasteiger partial charge in [0.2, 0.25) is 0 Å². The molecule has 112 valence electrons. The van der Waals surface area contributed by atoms with E-state index >= 15 is 0 Å². The standard InChI is InChI=1S/C15H23NO4/c1-17-8-9-18-7-3-6-16-12-13-4-2-5-14-15(13)20-11-10-19-14/h2,4-5,16H,3,6-12H2,1H3. The SMILES string of the molecule is COCCOCCCNCc1cccc2c1OCCO2. The van der Waals surface area contributed by atoms with Gasteiger partial charge in [0.25, 0.3) is 0 Å². The monoisotopic (exact) mass is 281 g/mol. The van der Waals surface area contributed by atoms with Crippen molar-refractivity contribution >= 4 is 0 Å². The summed E-state index contributed by atoms with van der Waals surface area (Å²) in [6, 6.07) is 6.01. The van der Waals surface area contributed by atoms with Crippen LogP contribution in [0.1, 0.15) is 12.0 Å². The lowest BCUT2D eigenvalue weighted by atomic mass is 10.1. The molecule has 5 heteroatoms. The zero-order chi connectivity index (χ0) is 14.0. The summed E-state index contributed by atoms with van der Waals surface area (Å²) in [6.45, 7) is 5.01. The fraction of sp³-hybridized carbons (Fsp3) is 0.600. The normalized spacial score (nSPS) is 13.4. The van der Waals surface area contributed by atoms with Crippen LogP contribution in [0.4, 0.5) is 0 Å². The van der Waals surface area contributed by atoms with Gasteiger partial charge in [-0.25, -0.2) is 0 Å². The lowest BCUT2D eigenvalue weighted by Crippen LogP contribution is -2.20. The molecular formula is C15H23NO4. The molecule has 5 nitrogen and oxygen atoms in total. The second kappa shape index (κ2) is 8.79. The summed E-state index contributed by atoms with van der Waals surface area (Å²) >= 11 is 0. The molecule has 0 radical (unpaired) electrons. The first-order valence-corrected chi connectivity index (χ1v) is 7.06. The topological polar surface area (TPSA) is 49.0 Å². The first-order valence-electron chi connectivity index (χ1n) is 7.06. The smallest absolute Gasteiger partial charge is 0.165 e. The van der Waals surface area contributed by atoms with Gasteiger partial charge in [-0.05, 0) is 19.0 Å². The molecule has 0 aliphatic carbocycles. The van der Waals surface area contributed by atoms with Gasteiger partial charge in [0, 0.05) is 25.8 Å². The quantitative estimate of drug-likeness (QED) is 0.697. The van der Waals surface area contributed by atoms with Gasteiger partial charge < -0.3 is 24.3 Å². The molecule has 0 saturated carbocycles. The number of rotatable bonds is 9. The lowest BCUT2D eigenvalue weighted by Gasteiger charge is -2.21. The van der Waals surface area contributed by atoms with Crippen molar-refractivity contribution < 1.29 is 18.9 Å². The van der Waals surface area contributed by atoms with E-state index in [9.17, 15) is 0 Å². The van der Waals surface area contributed by atoms with Crippen LogP contribution in [-0.2, 0) is 16.0 Å². The van der Waals surface area contributed by atoms with Gasteiger partial charge in [-0.3, -0.25) is 0 Å². The maximum Gasteiger partial charge on any atom is 0.165 e. The van der Waals surface area contributed by atoms with E-state index in [0.717, 1.165) is 43.2 Å². The third-order valence-electron chi connectivity index (χ3n) is 3.04. The van der Waals surface area contributed by atoms with Crippen molar-refractivity contribution in [3.63, 3.8) is 0 Å². The summed E-state index contributed by atoms with van der Waals surface area (Å²) in [4.78, 5) is 0. The summed E-state index contributed by atoms with van der Waals surface area (Å²) in [6.07, 6.45) is 0.982. The Kier molecular flexibility index (Phi) is 6.63. The Labute approximate surface area is 120 Å². The van der Waals surface area contributed by atoms with Crippen LogP contribution < -0.4 is 14.8 Å². The third-order valence-corrected chi connectivity index (χ3v) is 3.04. The number of nitrogens with one attached hydrogen (secondary N) is 1. The minimum absolute atomic E-state index is 0.622. The lowest BCUT2D eigenvalue weighted by molar-refractivity contribution is 0.0694. The molecule has 0 aromatic heterocycles. The molecule has 0 unspecified atom stereocenters. The van der Waals surface area contributed by atoms with Crippen LogP contribution in [0.2, 0.25) is 0 Å². The van der Waals surface area contributed by atoms with Crippen molar-refractivity contribution in [3.05, 3.63) is 23.8 Å². The summed E-state index contributed by atoms with van der Waals surface area (Å²) in [5.41, 5.74) is 1.14. The Balaban J connectivity index is 1.64. The highest BCUT2D eigenvalue weighted by Gasteiger charge is 2.14. The van der Waals surface area contributed by atoms with E-state index in [-0.39, 0.29) is 0 Å². The van der Waals surface area contributed by atoms with Crippen LogP contribution in [0.5, 0.6) is 11.5 Å². The maximum atomic E-state index is 5.67. The largest absolute Gasteiger partial charge is 0.486 e. The zero-order valence-corrected chi connectivity index (χ0v) is 12.0. The molecule has 20 heavy (non-hydrogen) atoms. The number of fused-ring (bicyclic) bond motifs is 1. The van der Waals surface area contributed by atoms with Gasteiger partial charge in [0.05, 0.1) is 13.2 Å². The molecule has 0 spiro atoms. The first-order chi connectivity index (χ1) is 9.92. The average molecular weight is 281 g/mol. The molecule has 2 rings (SSSR count). The first kappa shape index (κ1) is 15.1. The summed E-state index contributed by atoms with van der Waals surface area (Å²) < 4.78 is 21.6. The second-order valence-corrected chi connectivity index (χ2v) is 4.58. The molecule has 0 atom stereocenters. The van der Waals surface area contributed by atoms with Crippen LogP contribution in [0.25, 0.3) is 0 Å². The van der Waals surface area contributed by atoms with Crippen molar-refractivity contribution in [2.75, 3.05) is 46.7 Å². The molecule has 1 heterocycles. The van der Waals surface area contributed by atoms with Crippen LogP contribution in [0.15, 0.2) is 18.2 Å². The van der Waals surface area contributed by atoms with E-state index in [0.29, 0.717) is 26.4 Å². The molecule has 1 aromatic rings. The van der Waals surface area contributed by atoms with Gasteiger partial charge in [-0.15, -0.1) is 0 Å². The fourth-order valence-corrected chi connectivity index (χ4v) is 2.04. The Hall–Kier alpha value is -1.30. The van der Waals surface area contributed by atoms with E-state index in [4.69, 9.17) is 18.9 Å². The Morgan fingerprint density at radius 1 is 1.15 bits per heavy atom. The fourth-order valence-electron chi connectivity index (χ4n) is 2.04. The zero-order valence-electron chi connectivity index (χ0n) is 12.0. The molecule has 1 aromatic carbocycles. The predicted molar refractivity (Wildman–Crippen MR) is 76.5 cm³/mol. The summed E-state index contributed by atoms with van der Waals surface area (Å²) in [5, 5.41) is 3.40. The van der Waals surface area contributed by atoms with E-state index in [1.165, 1.54) is 0 Å². The highest BCUT2D eigenvalue weighted by molar-refractivity contribution is 5.47. The number of hydrogen-bond donors (Lipinski definition) is 1. The minimum atomic E-state index is 0.622. The Morgan fingerprint density at radius 3 is 2.95 bits per heavy atom. The highest BCUT2D eigenvalue weighted by atomic mass is 16.6. The van der Waals surface area contributed by atoms with Gasteiger partial charge in [0.1, 0.15) is 13.2 Å². The van der Waals surface area contributed by atoms with Crippen molar-refractivity contribution in [1.29, 1.82) is 0 Å². The number of para-hydroxylation sites is 1. The average Bonchev–Trinajstić information content (AvgIpc) is 2.50. The van der Waals surface area contributed by atoms with E-state index in [1.807, 2.05) is 12.1 Å². The van der Waals surface area contributed by atoms with Gasteiger partial charge >= 0.3 is 0 Å². The van der Waals surface area contributed by atoms with Gasteiger partial charge in [-0.1, -0.05) is 12.1 Å². The third kappa shape index (κ3) is 4.67. The van der Waals surface area contributed by atoms with Crippen LogP contribution in [0, 0.1) is 0 Å². The van der Waals surface area contributed by atoms with Crippen LogP contribution >= 0.6 is 0 Å². The number of hydrogen-bond acceptors (Lipinski definition) is 5. The van der Waals surface area contributed by atoms with Crippen LogP contribution in [-0.4, -0.2) is 46.7 Å². The van der Waals surface area contributed by atoms with Gasteiger partial charge in [0.15, 0.2) is 11.5 Å². The van der Waals surface area contributed by atoms with Crippen molar-refractivity contribution in [3.8, 4) is 11.5 Å². The summed E-state index contributed by atoms with van der Waals surface area (Å²) in [5.74, 6) is 1.72. The van der Waals surface area contributed by atoms with Crippen LogP contribution in [0.3, 0.4) is 0 Å². The summed E-state index contributed by atoms with van der Waals surface area (Å²) in [7, 11) is 1.68. The maximum absolute atomic E-state index is 5.67. The van der Waals surface area contributed by atoms with E-state index < -0.39 is 0 Å². The molecule has 1 aliphatic heterocycles. The molecule has 1 N–H and O–H groups in total. The molecule has 0 saturated heterocycles. The molecule has 0 amide bonds. The highest BCUT2D eigenvalue weighted by Crippen LogP contribution is 2.33. The van der Waals surface area contributed by atoms with Crippen molar-refractivity contribution in [2.24, 2.45) is 0 Å². The van der Waals surface area contributed by atoms with Crippen molar-refractivity contribution in [2.45, 2.75) is 13.0 Å². The number of benzene rings is 1. The van der Waals surface area contributed by atoms with E-state index in [2.05, 4.69) is 11.4 Å². The predicted octanol–water partition coefficient (Wildman–Crippen LogP) is 1.60. The second-order valence-electron chi connectivity index (χ2n) is 4.58. The minimum Gasteiger partial charge on any atom is -0.486 e. The molecule has 1 aliphatic rings. The van der Waals surface area contributed by atoms with Gasteiger partial charge in [-0.2, -0.15) is 0 Å². The Morgan fingerprint density at radius 2 is 2.05 bits per heavy atom. The molecular weight excluding hydrogens is 258 g/mol. The van der Waals surface area contributed by atoms with Crippen molar-refractivity contribution in [1.82, 2.24) is 5.32 Å². The Bertz CT molecular complexity index is 397. The number of ether oxygens (including phenoxy) is 4. The molecule has 0 bridgehead atoms. The number of methoxy groups -OCH3 is 1. The van der Waals surface area contributed by atoms with E-state index in [1.54, 1.807) is 7.11 Å². The molecule has 0 fully saturated rings.